The number of hydrogen-bond acceptors (Lipinski definition) is 7. The van der Waals surface area contributed by atoms with Crippen LogP contribution in [-0.4, -0.2) is 37.7 Å². The van der Waals surface area contributed by atoms with Crippen LogP contribution in [0.15, 0.2) is 73.3 Å². The van der Waals surface area contributed by atoms with Gasteiger partial charge in [-0.05, 0) is 62.3 Å². The first-order valence-electron chi connectivity index (χ1n) is 15.9. The Morgan fingerprint density at radius 3 is 2.16 bits per heavy atom. The highest BCUT2D eigenvalue weighted by Crippen LogP contribution is 2.26. The molecule has 2 aromatic carbocycles. The normalized spacial score (nSPS) is 12.5. The van der Waals surface area contributed by atoms with E-state index in [1.165, 1.54) is 24.8 Å². The number of aryl methyl sites for hydroxylation is 1. The van der Waals surface area contributed by atoms with Crippen molar-refractivity contribution < 1.29 is 9.53 Å². The number of aromatic nitrogens is 4. The highest BCUT2D eigenvalue weighted by molar-refractivity contribution is 7.14. The fraction of sp³-hybridized carbons (Fsp3) is 0.432. The van der Waals surface area contributed by atoms with Gasteiger partial charge in [0.25, 0.3) is 5.91 Å². The van der Waals surface area contributed by atoms with Crippen LogP contribution >= 0.6 is 11.3 Å². The van der Waals surface area contributed by atoms with E-state index in [4.69, 9.17) is 4.74 Å². The maximum atomic E-state index is 13.3. The second-order valence-electron chi connectivity index (χ2n) is 13.5. The van der Waals surface area contributed by atoms with Gasteiger partial charge in [-0.2, -0.15) is 0 Å². The molecular formula is C37H47N5O2S. The molecule has 4 aromatic rings. The molecule has 0 spiro atoms. The number of rotatable bonds is 13. The van der Waals surface area contributed by atoms with Crippen molar-refractivity contribution in [3.05, 3.63) is 95.0 Å². The number of carbonyl (C=O) groups excluding carboxylic acids is 1. The van der Waals surface area contributed by atoms with Crippen molar-refractivity contribution in [1.82, 2.24) is 25.5 Å². The van der Waals surface area contributed by atoms with Crippen LogP contribution in [0, 0.1) is 0 Å². The summed E-state index contributed by atoms with van der Waals surface area (Å²) in [4.78, 5) is 22.5. The summed E-state index contributed by atoms with van der Waals surface area (Å²) in [7, 11) is 0. The van der Waals surface area contributed by atoms with Crippen molar-refractivity contribution in [2.75, 3.05) is 0 Å². The molecule has 1 atom stereocenters. The Morgan fingerprint density at radius 2 is 1.56 bits per heavy atom. The maximum absolute atomic E-state index is 13.3. The molecule has 0 saturated carbocycles. The summed E-state index contributed by atoms with van der Waals surface area (Å²) >= 11 is 1.61. The van der Waals surface area contributed by atoms with Crippen LogP contribution in [0.25, 0.3) is 22.0 Å². The summed E-state index contributed by atoms with van der Waals surface area (Å²) in [6, 6.07) is 15.4. The molecule has 0 radical (unpaired) electrons. The van der Waals surface area contributed by atoms with Crippen LogP contribution in [0.5, 0.6) is 0 Å². The quantitative estimate of drug-likeness (QED) is 0.118. The van der Waals surface area contributed by atoms with E-state index in [1.807, 2.05) is 81.7 Å². The van der Waals surface area contributed by atoms with E-state index < -0.39 is 11.6 Å². The van der Waals surface area contributed by atoms with Crippen LogP contribution in [0.3, 0.4) is 0 Å². The molecular weight excluding hydrogens is 579 g/mol. The summed E-state index contributed by atoms with van der Waals surface area (Å²) in [5.74, 6) is 0.993. The first-order valence-corrected chi connectivity index (χ1v) is 16.7. The summed E-state index contributed by atoms with van der Waals surface area (Å²) in [6.45, 7) is 18.8. The zero-order chi connectivity index (χ0) is 32.6. The minimum Gasteiger partial charge on any atom is -0.491 e. The van der Waals surface area contributed by atoms with Gasteiger partial charge in [-0.1, -0.05) is 101 Å². The molecule has 0 aliphatic carbocycles. The Hall–Kier alpha value is -3.91. The van der Waals surface area contributed by atoms with Crippen molar-refractivity contribution >= 4 is 17.2 Å². The first-order chi connectivity index (χ1) is 21.3. The topological polar surface area (TPSA) is 89.9 Å². The van der Waals surface area contributed by atoms with Gasteiger partial charge in [0.2, 0.25) is 0 Å². The predicted octanol–water partition coefficient (Wildman–Crippen LogP) is 8.75. The third-order valence-corrected chi connectivity index (χ3v) is 8.44. The van der Waals surface area contributed by atoms with E-state index in [0.29, 0.717) is 23.6 Å². The van der Waals surface area contributed by atoms with Crippen LogP contribution in [-0.2, 0) is 23.0 Å². The Bertz CT molecular complexity index is 1550. The average Bonchev–Trinajstić information content (AvgIpc) is 3.47. The third kappa shape index (κ3) is 10.0. The van der Waals surface area contributed by atoms with Gasteiger partial charge in [0, 0.05) is 35.5 Å². The molecule has 0 aliphatic rings. The van der Waals surface area contributed by atoms with Crippen LogP contribution in [0.2, 0.25) is 0 Å². The van der Waals surface area contributed by atoms with E-state index in [-0.39, 0.29) is 11.3 Å². The SMILES string of the molecule is C=C(OC(C)(C)C)C(Cc1ccc(-c2ncc(-c3nnc(CCCCCC)s3)cn2)cc1)NC(=O)c1ccc(C(C)(C)C)cc1. The lowest BCUT2D eigenvalue weighted by Crippen LogP contribution is -2.40. The van der Waals surface area contributed by atoms with Gasteiger partial charge < -0.3 is 10.1 Å². The van der Waals surface area contributed by atoms with Gasteiger partial charge in [0.1, 0.15) is 16.4 Å². The Morgan fingerprint density at radius 1 is 0.889 bits per heavy atom. The molecule has 2 aromatic heterocycles. The number of unbranched alkanes of at least 4 members (excludes halogenated alkanes) is 3. The molecule has 0 saturated heterocycles. The molecule has 7 nitrogen and oxygen atoms in total. The highest BCUT2D eigenvalue weighted by atomic mass is 32.1. The molecule has 238 valence electrons. The molecule has 1 unspecified atom stereocenters. The Labute approximate surface area is 272 Å². The minimum absolute atomic E-state index is 0.0156. The van der Waals surface area contributed by atoms with Gasteiger partial charge in [0.15, 0.2) is 10.8 Å². The van der Waals surface area contributed by atoms with E-state index >= 15 is 0 Å². The fourth-order valence-corrected chi connectivity index (χ4v) is 5.72. The van der Waals surface area contributed by atoms with E-state index in [0.717, 1.165) is 39.5 Å². The number of nitrogens with zero attached hydrogens (tertiary/aromatic N) is 4. The summed E-state index contributed by atoms with van der Waals surface area (Å²) in [6.07, 6.45) is 9.96. The van der Waals surface area contributed by atoms with E-state index in [2.05, 4.69) is 59.8 Å². The first kappa shape index (κ1) is 34.0. The molecule has 1 N–H and O–H groups in total. The highest BCUT2D eigenvalue weighted by Gasteiger charge is 2.23. The molecule has 1 amide bonds. The van der Waals surface area contributed by atoms with Gasteiger partial charge in [-0.15, -0.1) is 10.2 Å². The van der Waals surface area contributed by atoms with Crippen LogP contribution < -0.4 is 5.32 Å². The standard InChI is InChI=1S/C37H47N5O2S/c1-9-10-11-12-13-32-41-42-35(45-32)29-23-38-33(39-24-29)27-16-14-26(15-17-27)22-31(25(2)44-37(6,7)8)40-34(43)28-18-20-30(21-19-28)36(3,4)5/h14-21,23-24,31H,2,9-13,22H2,1,3-8H3,(H,40,43). The summed E-state index contributed by atoms with van der Waals surface area (Å²) < 4.78 is 6.11. The monoisotopic (exact) mass is 625 g/mol. The molecule has 45 heavy (non-hydrogen) atoms. The molecule has 0 fully saturated rings. The predicted molar refractivity (Wildman–Crippen MR) is 184 cm³/mol. The third-order valence-electron chi connectivity index (χ3n) is 7.41. The van der Waals surface area contributed by atoms with Gasteiger partial charge in [0.05, 0.1) is 6.04 Å². The van der Waals surface area contributed by atoms with Gasteiger partial charge >= 0.3 is 0 Å². The van der Waals surface area contributed by atoms with Crippen LogP contribution in [0.4, 0.5) is 0 Å². The van der Waals surface area contributed by atoms with Gasteiger partial charge in [-0.25, -0.2) is 9.97 Å². The smallest absolute Gasteiger partial charge is 0.251 e. The second kappa shape index (κ2) is 14.9. The summed E-state index contributed by atoms with van der Waals surface area (Å²) in [5, 5.41) is 13.8. The zero-order valence-corrected chi connectivity index (χ0v) is 28.6. The Kier molecular flexibility index (Phi) is 11.3. The average molecular weight is 626 g/mol. The lowest BCUT2D eigenvalue weighted by atomic mass is 9.86. The van der Waals surface area contributed by atoms with Crippen molar-refractivity contribution in [2.24, 2.45) is 0 Å². The number of benzene rings is 2. The van der Waals surface area contributed by atoms with Gasteiger partial charge in [-0.3, -0.25) is 4.79 Å². The largest absolute Gasteiger partial charge is 0.491 e. The summed E-state index contributed by atoms with van der Waals surface area (Å²) in [5.41, 5.74) is 4.17. The number of carbonyl (C=O) groups is 1. The van der Waals surface area contributed by atoms with Crippen molar-refractivity contribution in [1.29, 1.82) is 0 Å². The lowest BCUT2D eigenvalue weighted by molar-refractivity contribution is 0.0390. The molecule has 2 heterocycles. The molecule has 8 heteroatoms. The van der Waals surface area contributed by atoms with Crippen molar-refractivity contribution in [2.45, 2.75) is 104 Å². The van der Waals surface area contributed by atoms with E-state index in [1.54, 1.807) is 11.3 Å². The number of amides is 1. The zero-order valence-electron chi connectivity index (χ0n) is 27.8. The minimum atomic E-state index is -0.438. The number of ether oxygens (including phenoxy) is 1. The Balaban J connectivity index is 1.43. The molecule has 4 rings (SSSR count). The van der Waals surface area contributed by atoms with Crippen LogP contribution in [0.1, 0.15) is 101 Å². The fourth-order valence-electron chi connectivity index (χ4n) is 4.86. The lowest BCUT2D eigenvalue weighted by Gasteiger charge is -2.28. The molecule has 0 aliphatic heterocycles. The maximum Gasteiger partial charge on any atom is 0.251 e. The van der Waals surface area contributed by atoms with Crippen molar-refractivity contribution in [3.63, 3.8) is 0 Å². The number of hydrogen-bond donors (Lipinski definition) is 1. The van der Waals surface area contributed by atoms with E-state index in [9.17, 15) is 4.79 Å². The number of nitrogens with one attached hydrogen (secondary N) is 1. The second-order valence-corrected chi connectivity index (χ2v) is 14.6. The van der Waals surface area contributed by atoms with Crippen molar-refractivity contribution in [3.8, 4) is 22.0 Å². The molecule has 0 bridgehead atoms.